The third kappa shape index (κ3) is 32.4. The van der Waals surface area contributed by atoms with E-state index in [1.54, 1.807) is 30.3 Å². The van der Waals surface area contributed by atoms with Gasteiger partial charge in [0, 0.05) is 51.4 Å². The van der Waals surface area contributed by atoms with Crippen LogP contribution in [-0.2, 0) is 60.8 Å². The molecule has 2 rings (SSSR count). The Bertz CT molecular complexity index is 2290. The van der Waals surface area contributed by atoms with E-state index in [-0.39, 0.29) is 69.1 Å². The van der Waals surface area contributed by atoms with Crippen molar-refractivity contribution < 1.29 is 47.9 Å². The molecule has 0 spiro atoms. The zero-order valence-corrected chi connectivity index (χ0v) is 50.1. The van der Waals surface area contributed by atoms with Gasteiger partial charge in [0.1, 0.15) is 42.3 Å². The van der Waals surface area contributed by atoms with Crippen LogP contribution in [0.1, 0.15) is 146 Å². The van der Waals surface area contributed by atoms with Crippen LogP contribution in [-0.4, -0.2) is 146 Å². The Kier molecular flexibility index (Phi) is 39.2. The number of thiol groups is 1. The number of hydrogen-bond donors (Lipinski definition) is 15. The Balaban J connectivity index is 2.20. The lowest BCUT2D eigenvalue weighted by molar-refractivity contribution is -0.135. The first-order chi connectivity index (χ1) is 40.5. The first kappa shape index (κ1) is 73.4. The molecule has 0 radical (unpaired) electrons. The van der Waals surface area contributed by atoms with Crippen molar-refractivity contribution in [1.82, 2.24) is 47.9 Å². The fourth-order valence-electron chi connectivity index (χ4n) is 9.07. The summed E-state index contributed by atoms with van der Waals surface area (Å²) >= 11 is 4.02. The molecule has 0 aliphatic carbocycles. The summed E-state index contributed by atoms with van der Waals surface area (Å²) in [6.45, 7) is 3.38. The average Bonchev–Trinajstić information content (AvgIpc) is 3.67. The predicted octanol–water partition coefficient (Wildman–Crippen LogP) is 0.170. The lowest BCUT2D eigenvalue weighted by atomic mass is 10.0. The summed E-state index contributed by atoms with van der Waals surface area (Å²) in [4.78, 5) is 133. The lowest BCUT2D eigenvalue weighted by Gasteiger charge is -2.28. The fourth-order valence-corrected chi connectivity index (χ4v) is 9.34. The summed E-state index contributed by atoms with van der Waals surface area (Å²) in [5.41, 5.74) is 30.0. The summed E-state index contributed by atoms with van der Waals surface area (Å²) in [6.07, 6.45) is 9.21. The maximum absolute atomic E-state index is 14.6. The summed E-state index contributed by atoms with van der Waals surface area (Å²) in [7, 11) is 0. The molecule has 2 aromatic carbocycles. The zero-order valence-electron chi connectivity index (χ0n) is 49.2. The van der Waals surface area contributed by atoms with Crippen molar-refractivity contribution in [3.05, 3.63) is 71.8 Å². The van der Waals surface area contributed by atoms with Gasteiger partial charge in [-0.3, -0.25) is 47.9 Å². The van der Waals surface area contributed by atoms with E-state index in [1.807, 2.05) is 30.3 Å². The molecule has 7 atom stereocenters. The largest absolute Gasteiger partial charge is 0.368 e. The van der Waals surface area contributed by atoms with Crippen LogP contribution in [0.2, 0.25) is 0 Å². The van der Waals surface area contributed by atoms with Crippen molar-refractivity contribution in [2.45, 2.75) is 190 Å². The molecule has 84 heavy (non-hydrogen) atoms. The molecule has 0 heterocycles. The van der Waals surface area contributed by atoms with Crippen LogP contribution in [0.3, 0.4) is 0 Å². The van der Waals surface area contributed by atoms with Crippen LogP contribution >= 0.6 is 12.6 Å². The van der Waals surface area contributed by atoms with E-state index in [1.165, 1.54) is 6.92 Å². The van der Waals surface area contributed by atoms with E-state index >= 15 is 0 Å². The molecule has 0 saturated heterocycles. The molecular weight excluding hydrogens is 1100 g/mol. The summed E-state index contributed by atoms with van der Waals surface area (Å²) in [5.74, 6) is -5.03. The average molecular weight is 1200 g/mol. The highest BCUT2D eigenvalue weighted by molar-refractivity contribution is 7.80. The highest BCUT2D eigenvalue weighted by Crippen LogP contribution is 2.13. The topological polar surface area (TPSA) is 409 Å². The van der Waals surface area contributed by atoms with Gasteiger partial charge in [-0.2, -0.15) is 12.6 Å². The van der Waals surface area contributed by atoms with Crippen molar-refractivity contribution in [3.8, 4) is 0 Å². The number of unbranched alkanes of at least 4 members (excludes halogenated alkanes) is 8. The molecule has 25 heteroatoms. The van der Waals surface area contributed by atoms with Crippen LogP contribution in [0.15, 0.2) is 60.7 Å². The SMILES string of the molecule is CC(=O)NC(Cc1ccccc1)C(=O)NC(CCCCN)C(=O)NC(Cc1ccccc1)C(=O)NC(CCCCN)C(=O)NC(CCCCN)C(=O)NC(CCCCN)C(=O)NCCCCCC(=O)NCCCCCC(=O)NC(CS)C(N)=O. The number of carbonyl (C=O) groups excluding carboxylic acids is 10. The molecule has 7 unspecified atom stereocenters. The molecule has 0 aliphatic rings. The second kappa shape index (κ2) is 44.8. The molecule has 19 N–H and O–H groups in total. The predicted molar refractivity (Wildman–Crippen MR) is 327 cm³/mol. The zero-order chi connectivity index (χ0) is 61.9. The standard InChI is InChI=1S/C59H98N14O10S/c1-41(74)67-48(38-42-22-6-2-7-23-42)58(82)71-47(29-15-19-35-63)57(81)73-49(39-43-24-8-3-9-25-43)59(83)72-46(28-14-18-34-62)56(80)70-45(27-13-17-33-61)55(79)69-44(26-12-16-32-60)54(78)66-37-21-4-10-30-51(75)65-36-20-5-11-31-52(76)68-50(40-84)53(64)77/h2-3,6-9,22-25,44-50,84H,4-5,10-21,26-40,60-63H2,1H3,(H2,64,77)(H,65,75)(H,66,78)(H,67,74)(H,68,76)(H,69,79)(H,70,80)(H,71,82)(H,72,83)(H,73,81). The molecule has 0 aliphatic heterocycles. The van der Waals surface area contributed by atoms with Crippen LogP contribution in [0.4, 0.5) is 0 Å². The number of nitrogens with one attached hydrogen (secondary N) is 9. The smallest absolute Gasteiger partial charge is 0.243 e. The number of rotatable bonds is 47. The van der Waals surface area contributed by atoms with Gasteiger partial charge in [0.15, 0.2) is 0 Å². The molecule has 2 aromatic rings. The van der Waals surface area contributed by atoms with Gasteiger partial charge < -0.3 is 76.5 Å². The highest BCUT2D eigenvalue weighted by atomic mass is 32.1. The third-order valence-corrected chi connectivity index (χ3v) is 14.2. The maximum Gasteiger partial charge on any atom is 0.243 e. The van der Waals surface area contributed by atoms with Gasteiger partial charge in [0.25, 0.3) is 0 Å². The van der Waals surface area contributed by atoms with Crippen molar-refractivity contribution >= 4 is 71.7 Å². The summed E-state index contributed by atoms with van der Waals surface area (Å²) in [6, 6.07) is 10.5. The Morgan fingerprint density at radius 3 is 1.10 bits per heavy atom. The number of hydrogen-bond acceptors (Lipinski definition) is 15. The van der Waals surface area contributed by atoms with Crippen molar-refractivity contribution in [3.63, 3.8) is 0 Å². The molecule has 0 fully saturated rings. The maximum atomic E-state index is 14.6. The van der Waals surface area contributed by atoms with Gasteiger partial charge >= 0.3 is 0 Å². The number of primary amides is 1. The quantitative estimate of drug-likeness (QED) is 0.0311. The van der Waals surface area contributed by atoms with E-state index in [2.05, 4.69) is 60.5 Å². The monoisotopic (exact) mass is 1190 g/mol. The molecule has 0 aromatic heterocycles. The van der Waals surface area contributed by atoms with Crippen LogP contribution in [0.25, 0.3) is 0 Å². The van der Waals surface area contributed by atoms with Gasteiger partial charge in [-0.25, -0.2) is 0 Å². The lowest BCUT2D eigenvalue weighted by Crippen LogP contribution is -2.60. The van der Waals surface area contributed by atoms with Crippen LogP contribution in [0.5, 0.6) is 0 Å². The Labute approximate surface area is 501 Å². The number of benzene rings is 2. The van der Waals surface area contributed by atoms with Crippen molar-refractivity contribution in [2.24, 2.45) is 28.7 Å². The number of carbonyl (C=O) groups is 10. The second-order valence-corrected chi connectivity index (χ2v) is 21.4. The van der Waals surface area contributed by atoms with E-state index in [4.69, 9.17) is 28.7 Å². The first-order valence-corrected chi connectivity index (χ1v) is 30.5. The normalized spacial score (nSPS) is 13.5. The van der Waals surface area contributed by atoms with Crippen LogP contribution in [0, 0.1) is 0 Å². The molecule has 470 valence electrons. The highest BCUT2D eigenvalue weighted by Gasteiger charge is 2.34. The first-order valence-electron chi connectivity index (χ1n) is 29.9. The minimum Gasteiger partial charge on any atom is -0.368 e. The van der Waals surface area contributed by atoms with E-state index < -0.39 is 89.6 Å². The molecular formula is C59H98N14O10S. The Morgan fingerprint density at radius 2 is 0.726 bits per heavy atom. The third-order valence-electron chi connectivity index (χ3n) is 13.9. The van der Waals surface area contributed by atoms with Gasteiger partial charge in [0.2, 0.25) is 59.1 Å². The fraction of sp³-hybridized carbons (Fsp3) is 0.627. The van der Waals surface area contributed by atoms with Crippen molar-refractivity contribution in [2.75, 3.05) is 45.0 Å². The van der Waals surface area contributed by atoms with Gasteiger partial charge in [0.05, 0.1) is 0 Å². The summed E-state index contributed by atoms with van der Waals surface area (Å²) in [5, 5.41) is 25.2. The molecule has 24 nitrogen and oxygen atoms in total. The van der Waals surface area contributed by atoms with Gasteiger partial charge in [-0.1, -0.05) is 73.5 Å². The van der Waals surface area contributed by atoms with Gasteiger partial charge in [-0.05, 0) is 140 Å². The van der Waals surface area contributed by atoms with E-state index in [0.29, 0.717) is 135 Å². The second-order valence-electron chi connectivity index (χ2n) is 21.0. The number of nitrogens with two attached hydrogens (primary N) is 5. The Morgan fingerprint density at radius 1 is 0.381 bits per heavy atom. The number of amides is 10. The summed E-state index contributed by atoms with van der Waals surface area (Å²) < 4.78 is 0. The Hall–Kier alpha value is -6.67. The van der Waals surface area contributed by atoms with Gasteiger partial charge in [-0.15, -0.1) is 0 Å². The minimum absolute atomic E-state index is 0.00428. The molecule has 0 bridgehead atoms. The van der Waals surface area contributed by atoms with Crippen molar-refractivity contribution in [1.29, 1.82) is 0 Å². The minimum atomic E-state index is -1.25. The van der Waals surface area contributed by atoms with E-state index in [0.717, 1.165) is 5.56 Å². The van der Waals surface area contributed by atoms with Crippen LogP contribution < -0.4 is 76.5 Å². The molecule has 0 saturated carbocycles. The van der Waals surface area contributed by atoms with E-state index in [9.17, 15) is 47.9 Å². The molecule has 10 amide bonds.